The van der Waals surface area contributed by atoms with Gasteiger partial charge in [0.2, 0.25) is 11.8 Å². The first-order valence-corrected chi connectivity index (χ1v) is 9.54. The Morgan fingerprint density at radius 1 is 1.41 bits per heavy atom. The molecule has 1 saturated carbocycles. The second-order valence-electron chi connectivity index (χ2n) is 7.34. The molecule has 1 aliphatic carbocycles. The minimum Gasteiger partial charge on any atom is -0.445 e. The first-order chi connectivity index (χ1) is 12.6. The fraction of sp³-hybridized carbons (Fsp3) is 0.412. The van der Waals surface area contributed by atoms with E-state index in [4.69, 9.17) is 10.2 Å². The summed E-state index contributed by atoms with van der Waals surface area (Å²) in [6, 6.07) is 2.36. The summed E-state index contributed by atoms with van der Waals surface area (Å²) in [5.74, 6) is -0.586. The Kier molecular flexibility index (Phi) is 4.16. The molecule has 1 aliphatic heterocycles. The van der Waals surface area contributed by atoms with Crippen molar-refractivity contribution in [1.29, 1.82) is 0 Å². The van der Waals surface area contributed by atoms with Crippen LogP contribution < -0.4 is 10.6 Å². The zero-order valence-corrected chi connectivity index (χ0v) is 16.5. The molecule has 1 atom stereocenters. The van der Waals surface area contributed by atoms with Gasteiger partial charge in [-0.15, -0.1) is 0 Å². The summed E-state index contributed by atoms with van der Waals surface area (Å²) in [7, 11) is 0. The minimum absolute atomic E-state index is 0.0187. The number of carbonyl (C=O) groups excluding carboxylic acids is 1. The summed E-state index contributed by atoms with van der Waals surface area (Å²) in [5, 5.41) is 10.7. The fourth-order valence-electron chi connectivity index (χ4n) is 3.92. The molecule has 1 aromatic carbocycles. The lowest BCUT2D eigenvalue weighted by atomic mass is 9.80. The van der Waals surface area contributed by atoms with Gasteiger partial charge in [0.15, 0.2) is 0 Å². The van der Waals surface area contributed by atoms with Gasteiger partial charge in [0, 0.05) is 23.7 Å². The molecule has 2 heterocycles. The lowest BCUT2D eigenvalue weighted by Crippen LogP contribution is -2.47. The van der Waals surface area contributed by atoms with Crippen molar-refractivity contribution in [3.05, 3.63) is 35.7 Å². The molecule has 4 rings (SSSR count). The molecule has 10 heteroatoms. The third kappa shape index (κ3) is 2.97. The molecule has 27 heavy (non-hydrogen) atoms. The highest BCUT2D eigenvalue weighted by atomic mass is 27.0. The van der Waals surface area contributed by atoms with Crippen molar-refractivity contribution < 1.29 is 27.5 Å². The van der Waals surface area contributed by atoms with E-state index in [1.807, 2.05) is 0 Å². The molecular weight excluding hydrogens is 378 g/mol. The number of halogens is 3. The first-order valence-electron chi connectivity index (χ1n) is 8.54. The average molecular weight is 395 g/mol. The topological polar surface area (TPSA) is 92.6 Å². The second-order valence-corrected chi connectivity index (χ2v) is 8.79. The van der Waals surface area contributed by atoms with Gasteiger partial charge in [0.1, 0.15) is 10.7 Å². The number of nitrogens with zero attached hydrogens (tertiary/aromatic N) is 2. The molecule has 0 bridgehead atoms. The van der Waals surface area contributed by atoms with E-state index in [1.54, 1.807) is 0 Å². The Morgan fingerprint density at radius 2 is 2.11 bits per heavy atom. The first kappa shape index (κ1) is 18.5. The molecule has 1 aromatic heterocycles. The van der Waals surface area contributed by atoms with Crippen LogP contribution in [0, 0.1) is 5.92 Å². The lowest BCUT2D eigenvalue weighted by molar-refractivity contribution is -0.140. The van der Waals surface area contributed by atoms with E-state index in [1.165, 1.54) is 23.4 Å². The molecule has 1 unspecified atom stereocenters. The van der Waals surface area contributed by atoms with Crippen molar-refractivity contribution in [2.75, 3.05) is 11.4 Å². The molecule has 3 N–H and O–H groups in total. The predicted octanol–water partition coefficient (Wildman–Crippen LogP) is 1.22. The largest absolute Gasteiger partial charge is 0.445 e. The summed E-state index contributed by atoms with van der Waals surface area (Å²) in [5.41, 5.74) is 4.55. The van der Waals surface area contributed by atoms with E-state index in [9.17, 15) is 23.1 Å². The van der Waals surface area contributed by atoms with Crippen molar-refractivity contribution in [2.24, 2.45) is 11.7 Å². The van der Waals surface area contributed by atoms with Crippen LogP contribution in [0.2, 0.25) is 0 Å². The Labute approximate surface area is 160 Å². The van der Waals surface area contributed by atoms with E-state index in [-0.39, 0.29) is 57.5 Å². The van der Waals surface area contributed by atoms with Gasteiger partial charge >= 0.3 is 6.18 Å². The van der Waals surface area contributed by atoms with Gasteiger partial charge < -0.3 is 20.2 Å². The summed E-state index contributed by atoms with van der Waals surface area (Å²) in [6.45, 7) is 0.233. The van der Waals surface area contributed by atoms with Gasteiger partial charge in [-0.3, -0.25) is 4.79 Å². The highest BCUT2D eigenvalue weighted by Crippen LogP contribution is 2.48. The van der Waals surface area contributed by atoms with Crippen molar-refractivity contribution in [1.82, 2.24) is 4.98 Å². The predicted molar refractivity (Wildman–Crippen MR) is 92.4 cm³/mol. The maximum Gasteiger partial charge on any atom is 0.416 e. The Hall–Kier alpha value is -1.86. The van der Waals surface area contributed by atoms with Crippen molar-refractivity contribution in [3.8, 4) is 11.5 Å². The third-order valence-corrected chi connectivity index (χ3v) is 6.18. The number of amides is 1. The highest BCUT2D eigenvalue weighted by Gasteiger charge is 2.52. The van der Waals surface area contributed by atoms with Crippen LogP contribution in [0.4, 0.5) is 18.9 Å². The Morgan fingerprint density at radius 3 is 2.67 bits per heavy atom. The maximum absolute atomic E-state index is 13.8. The second kappa shape index (κ2) is 6.07. The standard InChI is InChI=1S/C17H15F3N3O3.Al.2H/c18-17(19,20)11-5-9(15-22-1-2-26-15)6-12-13(11)14(24)16(25)23(12)7-8-3-10(21)4-8;;;/h1-2,5-6,8,10,24H,3-4,7,21H2;;;. The van der Waals surface area contributed by atoms with E-state index in [0.717, 1.165) is 6.07 Å². The number of rotatable bonds is 3. The van der Waals surface area contributed by atoms with Crippen molar-refractivity contribution in [2.45, 2.75) is 29.5 Å². The molecule has 1 fully saturated rings. The number of oxazole rings is 1. The van der Waals surface area contributed by atoms with Crippen LogP contribution >= 0.6 is 0 Å². The molecule has 2 aliphatic rings. The van der Waals surface area contributed by atoms with Crippen LogP contribution in [0.5, 0.6) is 0 Å². The number of aliphatic hydroxyl groups is 1. The molecule has 6 nitrogen and oxygen atoms in total. The van der Waals surface area contributed by atoms with Gasteiger partial charge in [0.25, 0.3) is 16.3 Å². The van der Waals surface area contributed by atoms with E-state index >= 15 is 0 Å². The Bertz CT molecular complexity index is 893. The molecule has 1 amide bonds. The quantitative estimate of drug-likeness (QED) is 0.763. The number of benzene rings is 1. The third-order valence-electron chi connectivity index (χ3n) is 5.25. The smallest absolute Gasteiger partial charge is 0.416 e. The maximum atomic E-state index is 13.8. The molecule has 0 radical (unpaired) electrons. The number of alkyl halides is 3. The highest BCUT2D eigenvalue weighted by molar-refractivity contribution is 6.33. The number of anilines is 1. The van der Waals surface area contributed by atoms with Crippen molar-refractivity contribution >= 4 is 27.9 Å². The summed E-state index contributed by atoms with van der Waals surface area (Å²) >= 11 is -0.167. The monoisotopic (exact) mass is 395 g/mol. The SMILES string of the molecule is NC1CC(CN2C(=O)[C](O)([AlH2])c3c2cc(-c2ncco2)cc3C(F)(F)F)C1. The normalized spacial score (nSPS) is 27.6. The van der Waals surface area contributed by atoms with E-state index in [2.05, 4.69) is 4.98 Å². The van der Waals surface area contributed by atoms with E-state index < -0.39 is 22.1 Å². The number of nitrogens with two attached hydrogens (primary N) is 1. The van der Waals surface area contributed by atoms with E-state index in [0.29, 0.717) is 12.8 Å². The summed E-state index contributed by atoms with van der Waals surface area (Å²) in [6.07, 6.45) is -0.746. The number of carbonyl (C=O) groups is 1. The molecule has 0 saturated heterocycles. The number of fused-ring (bicyclic) bond motifs is 1. The minimum atomic E-state index is -4.74. The number of hydrogen-bond donors (Lipinski definition) is 2. The zero-order valence-electron chi connectivity index (χ0n) is 14.5. The molecule has 2 aromatic rings. The van der Waals surface area contributed by atoms with Crippen LogP contribution in [0.15, 0.2) is 29.0 Å². The zero-order chi connectivity index (χ0) is 19.6. The molecule has 142 valence electrons. The fourth-order valence-corrected chi connectivity index (χ4v) is 4.71. The van der Waals surface area contributed by atoms with Crippen LogP contribution in [0.25, 0.3) is 11.5 Å². The van der Waals surface area contributed by atoms with Crippen LogP contribution in [0.3, 0.4) is 0 Å². The Balaban J connectivity index is 1.88. The van der Waals surface area contributed by atoms with Gasteiger partial charge in [-0.05, 0) is 30.9 Å². The number of aromatic nitrogens is 1. The molecular formula is C17H17AlF3N3O3. The van der Waals surface area contributed by atoms with Crippen LogP contribution in [-0.2, 0) is 15.4 Å². The van der Waals surface area contributed by atoms with Crippen molar-refractivity contribution in [3.63, 3.8) is 0 Å². The van der Waals surface area contributed by atoms with Crippen LogP contribution in [-0.4, -0.2) is 44.9 Å². The average Bonchev–Trinajstić information content (AvgIpc) is 3.14. The van der Waals surface area contributed by atoms with Gasteiger partial charge in [0.05, 0.1) is 17.4 Å². The molecule has 0 spiro atoms. The lowest BCUT2D eigenvalue weighted by Gasteiger charge is -2.35. The summed E-state index contributed by atoms with van der Waals surface area (Å²) < 4.78 is 44.3. The number of hydrogen-bond acceptors (Lipinski definition) is 5. The van der Waals surface area contributed by atoms with Crippen LogP contribution in [0.1, 0.15) is 24.0 Å². The van der Waals surface area contributed by atoms with Gasteiger partial charge in [-0.1, -0.05) is 0 Å². The van der Waals surface area contributed by atoms with Gasteiger partial charge in [-0.2, -0.15) is 13.2 Å². The van der Waals surface area contributed by atoms with Gasteiger partial charge in [-0.25, -0.2) is 4.98 Å². The summed E-state index contributed by atoms with van der Waals surface area (Å²) in [4.78, 5) is 18.0.